The fraction of sp³-hybridized carbons (Fsp3) is 0.294. The van der Waals surface area contributed by atoms with E-state index >= 15 is 0 Å². The highest BCUT2D eigenvalue weighted by Gasteiger charge is 2.03. The summed E-state index contributed by atoms with van der Waals surface area (Å²) in [5.74, 6) is 0. The van der Waals surface area contributed by atoms with Crippen LogP contribution < -0.4 is 5.32 Å². The molecule has 2 aromatic rings. The molecule has 21 heavy (non-hydrogen) atoms. The summed E-state index contributed by atoms with van der Waals surface area (Å²) in [6.45, 7) is 7.40. The van der Waals surface area contributed by atoms with Crippen molar-refractivity contribution in [3.63, 3.8) is 0 Å². The summed E-state index contributed by atoms with van der Waals surface area (Å²) in [6, 6.07) is 4.19. The van der Waals surface area contributed by atoms with Crippen molar-refractivity contribution >= 4 is 11.9 Å². The first-order chi connectivity index (χ1) is 10.3. The molecule has 0 atom stereocenters. The summed E-state index contributed by atoms with van der Waals surface area (Å²) in [5.41, 5.74) is 4.57. The number of aryl methyl sites for hydroxylation is 1. The Labute approximate surface area is 125 Å². The average molecular weight is 282 g/mol. The van der Waals surface area contributed by atoms with E-state index in [1.54, 1.807) is 13.1 Å². The molecule has 0 bridgehead atoms. The molecule has 4 nitrogen and oxygen atoms in total. The highest BCUT2D eigenvalue weighted by atomic mass is 15.0. The Morgan fingerprint density at radius 3 is 3.05 bits per heavy atom. The Bertz CT molecular complexity index is 664. The minimum Gasteiger partial charge on any atom is -0.307 e. The number of nitrogens with one attached hydrogen (secondary N) is 1. The molecule has 0 unspecified atom stereocenters. The van der Waals surface area contributed by atoms with Crippen LogP contribution in [-0.4, -0.2) is 29.2 Å². The highest BCUT2D eigenvalue weighted by Crippen LogP contribution is 2.09. The Hall–Kier alpha value is -2.20. The van der Waals surface area contributed by atoms with E-state index in [9.17, 15) is 0 Å². The second-order valence-corrected chi connectivity index (χ2v) is 4.84. The van der Waals surface area contributed by atoms with Crippen molar-refractivity contribution < 1.29 is 0 Å². The first-order valence-electron chi connectivity index (χ1n) is 7.17. The molecule has 0 spiro atoms. The monoisotopic (exact) mass is 282 g/mol. The molecule has 0 saturated carbocycles. The molecule has 1 N–H and O–H groups in total. The normalized spacial score (nSPS) is 12.4. The van der Waals surface area contributed by atoms with E-state index in [2.05, 4.69) is 51.5 Å². The van der Waals surface area contributed by atoms with Gasteiger partial charge in [-0.2, -0.15) is 0 Å². The fourth-order valence-corrected chi connectivity index (χ4v) is 2.21. The van der Waals surface area contributed by atoms with Crippen LogP contribution in [0, 0.1) is 0 Å². The molecule has 2 heterocycles. The van der Waals surface area contributed by atoms with Crippen LogP contribution >= 0.6 is 0 Å². The Morgan fingerprint density at radius 1 is 1.48 bits per heavy atom. The molecule has 0 aromatic carbocycles. The molecular weight excluding hydrogens is 260 g/mol. The van der Waals surface area contributed by atoms with Gasteiger partial charge in [-0.3, -0.25) is 4.99 Å². The molecule has 0 aliphatic heterocycles. The predicted molar refractivity (Wildman–Crippen MR) is 89.0 cm³/mol. The van der Waals surface area contributed by atoms with Crippen LogP contribution in [0.1, 0.15) is 18.2 Å². The highest BCUT2D eigenvalue weighted by molar-refractivity contribution is 5.79. The number of aliphatic imine (C=N–C) groups is 1. The van der Waals surface area contributed by atoms with Gasteiger partial charge < -0.3 is 9.72 Å². The predicted octanol–water partition coefficient (Wildman–Crippen LogP) is 2.80. The molecule has 0 fully saturated rings. The van der Waals surface area contributed by atoms with Crippen LogP contribution in [0.15, 0.2) is 53.8 Å². The number of pyridine rings is 1. The molecule has 0 aliphatic rings. The number of rotatable bonds is 7. The summed E-state index contributed by atoms with van der Waals surface area (Å²) in [5, 5.41) is 3.42. The standard InChI is InChI=1S/C17H22N4/c1-4-6-15(9-18-3)10-19-11-16-12-20-17-8-7-14(5-2)13-21(16)17/h4,6-9,12-13,19H,1,5,10-11H2,2-3H3/b15-6+,18-9?. The topological polar surface area (TPSA) is 41.7 Å². The number of aromatic nitrogens is 2. The van der Waals surface area contributed by atoms with Gasteiger partial charge in [-0.1, -0.05) is 31.7 Å². The van der Waals surface area contributed by atoms with Crippen molar-refractivity contribution in [2.24, 2.45) is 4.99 Å². The lowest BCUT2D eigenvalue weighted by molar-refractivity contribution is 0.726. The van der Waals surface area contributed by atoms with Gasteiger partial charge in [0.1, 0.15) is 5.65 Å². The third-order valence-corrected chi connectivity index (χ3v) is 3.31. The van der Waals surface area contributed by atoms with E-state index < -0.39 is 0 Å². The van der Waals surface area contributed by atoms with Gasteiger partial charge in [0.05, 0.1) is 11.9 Å². The zero-order chi connectivity index (χ0) is 15.1. The van der Waals surface area contributed by atoms with Gasteiger partial charge in [0.25, 0.3) is 0 Å². The summed E-state index contributed by atoms with van der Waals surface area (Å²) in [7, 11) is 1.77. The Kier molecular flexibility index (Phi) is 5.46. The molecular formula is C17H22N4. The number of allylic oxidation sites excluding steroid dienone is 2. The van der Waals surface area contributed by atoms with Gasteiger partial charge >= 0.3 is 0 Å². The first kappa shape index (κ1) is 15.2. The van der Waals surface area contributed by atoms with Crippen LogP contribution in [0.2, 0.25) is 0 Å². The minimum absolute atomic E-state index is 0.754. The molecule has 4 heteroatoms. The van der Waals surface area contributed by atoms with Crippen molar-refractivity contribution in [3.05, 3.63) is 60.1 Å². The number of fused-ring (bicyclic) bond motifs is 1. The van der Waals surface area contributed by atoms with Crippen molar-refractivity contribution in [2.45, 2.75) is 19.9 Å². The largest absolute Gasteiger partial charge is 0.307 e. The van der Waals surface area contributed by atoms with E-state index in [1.807, 2.05) is 18.5 Å². The van der Waals surface area contributed by atoms with Gasteiger partial charge in [-0.25, -0.2) is 4.98 Å². The summed E-state index contributed by atoms with van der Waals surface area (Å²) < 4.78 is 2.15. The summed E-state index contributed by atoms with van der Waals surface area (Å²) in [4.78, 5) is 8.47. The van der Waals surface area contributed by atoms with Gasteiger partial charge in [-0.15, -0.1) is 0 Å². The van der Waals surface area contributed by atoms with E-state index in [1.165, 1.54) is 5.56 Å². The SMILES string of the molecule is C=C/C=C(\C=NC)CNCc1cnc2ccc(CC)cn12. The first-order valence-corrected chi connectivity index (χ1v) is 7.17. The van der Waals surface area contributed by atoms with Crippen molar-refractivity contribution in [1.82, 2.24) is 14.7 Å². The van der Waals surface area contributed by atoms with Crippen LogP contribution in [0.25, 0.3) is 5.65 Å². The van der Waals surface area contributed by atoms with Crippen molar-refractivity contribution in [3.8, 4) is 0 Å². The minimum atomic E-state index is 0.754. The van der Waals surface area contributed by atoms with Crippen LogP contribution in [0.4, 0.5) is 0 Å². The van der Waals surface area contributed by atoms with E-state index in [4.69, 9.17) is 0 Å². The van der Waals surface area contributed by atoms with E-state index in [0.29, 0.717) is 0 Å². The number of hydrogen-bond acceptors (Lipinski definition) is 3. The second kappa shape index (κ2) is 7.55. The van der Waals surface area contributed by atoms with Crippen LogP contribution in [-0.2, 0) is 13.0 Å². The van der Waals surface area contributed by atoms with Gasteiger partial charge in [-0.05, 0) is 23.6 Å². The van der Waals surface area contributed by atoms with E-state index in [0.717, 1.165) is 36.4 Å². The maximum atomic E-state index is 4.43. The fourth-order valence-electron chi connectivity index (χ4n) is 2.21. The smallest absolute Gasteiger partial charge is 0.136 e. The average Bonchev–Trinajstić information content (AvgIpc) is 2.90. The molecule has 2 rings (SSSR count). The van der Waals surface area contributed by atoms with Gasteiger partial charge in [0, 0.05) is 32.5 Å². The second-order valence-electron chi connectivity index (χ2n) is 4.84. The third-order valence-electron chi connectivity index (χ3n) is 3.31. The molecule has 110 valence electrons. The molecule has 0 radical (unpaired) electrons. The Morgan fingerprint density at radius 2 is 2.33 bits per heavy atom. The lowest BCUT2D eigenvalue weighted by Crippen LogP contribution is -2.18. The van der Waals surface area contributed by atoms with Crippen molar-refractivity contribution in [1.29, 1.82) is 0 Å². The summed E-state index contributed by atoms with van der Waals surface area (Å²) >= 11 is 0. The molecule has 0 amide bonds. The quantitative estimate of drug-likeness (QED) is 0.627. The maximum Gasteiger partial charge on any atom is 0.136 e. The third kappa shape index (κ3) is 3.89. The van der Waals surface area contributed by atoms with Crippen molar-refractivity contribution in [2.75, 3.05) is 13.6 Å². The lowest BCUT2D eigenvalue weighted by atomic mass is 10.2. The van der Waals surface area contributed by atoms with E-state index in [-0.39, 0.29) is 0 Å². The zero-order valence-electron chi connectivity index (χ0n) is 12.7. The molecule has 2 aromatic heterocycles. The van der Waals surface area contributed by atoms with Gasteiger partial charge in [0.15, 0.2) is 0 Å². The number of imidazole rings is 1. The molecule has 0 saturated heterocycles. The maximum absolute atomic E-state index is 4.43. The number of nitrogens with zero attached hydrogens (tertiary/aromatic N) is 3. The zero-order valence-corrected chi connectivity index (χ0v) is 12.7. The summed E-state index contributed by atoms with van der Waals surface area (Å²) in [6.07, 6.45) is 10.7. The lowest BCUT2D eigenvalue weighted by Gasteiger charge is -2.06. The molecule has 0 aliphatic carbocycles. The number of hydrogen-bond donors (Lipinski definition) is 1. The Balaban J connectivity index is 2.06. The van der Waals surface area contributed by atoms with Crippen LogP contribution in [0.3, 0.4) is 0 Å². The van der Waals surface area contributed by atoms with Gasteiger partial charge in [0.2, 0.25) is 0 Å². The van der Waals surface area contributed by atoms with Crippen LogP contribution in [0.5, 0.6) is 0 Å².